The molecule has 0 aliphatic rings. The van der Waals surface area contributed by atoms with Crippen LogP contribution in [0.1, 0.15) is 18.7 Å². The first-order chi connectivity index (χ1) is 16.0. The Morgan fingerprint density at radius 3 is 2.70 bits per heavy atom. The van der Waals surface area contributed by atoms with Crippen LogP contribution >= 0.6 is 22.9 Å². The molecule has 9 heteroatoms. The number of rotatable bonds is 5. The summed E-state index contributed by atoms with van der Waals surface area (Å²) in [7, 11) is 0. The Morgan fingerprint density at radius 1 is 1.12 bits per heavy atom. The lowest BCUT2D eigenvalue weighted by atomic mass is 10.1. The highest BCUT2D eigenvalue weighted by Gasteiger charge is 2.20. The van der Waals surface area contributed by atoms with Crippen LogP contribution < -0.4 is 16.6 Å². The van der Waals surface area contributed by atoms with Crippen LogP contribution in [0.4, 0.5) is 11.8 Å². The monoisotopic (exact) mass is 474 g/mol. The van der Waals surface area contributed by atoms with Crippen molar-refractivity contribution in [3.63, 3.8) is 0 Å². The van der Waals surface area contributed by atoms with E-state index >= 15 is 0 Å². The average molecular weight is 475 g/mol. The Labute approximate surface area is 198 Å². The minimum absolute atomic E-state index is 0.156. The lowest BCUT2D eigenvalue weighted by Gasteiger charge is -2.22. The standard InChI is InChI=1S/C24H19ClN6OS/c1-14(29-22-17(11-28-24(26)30-22)20-12-27-13-33-20)19-10-15-6-5-9-18(25)21(15)23(32)31(19)16-7-3-2-4-8-16/h2-14H,1H3,(H3,26,28,29,30)/t14-/m0/s1. The SMILES string of the molecule is C[C@H](Nc1nc(N)ncc1-c1cncs1)c1cc2cccc(Cl)c2c(=O)n1-c1ccccc1. The average Bonchev–Trinajstić information content (AvgIpc) is 3.34. The number of benzene rings is 2. The minimum atomic E-state index is -0.303. The highest BCUT2D eigenvalue weighted by atomic mass is 35.5. The van der Waals surface area contributed by atoms with Crippen LogP contribution in [0.25, 0.3) is 26.9 Å². The number of nitrogens with zero attached hydrogens (tertiary/aromatic N) is 4. The van der Waals surface area contributed by atoms with E-state index in [1.807, 2.05) is 55.5 Å². The molecule has 3 aromatic heterocycles. The molecule has 0 unspecified atom stereocenters. The van der Waals surface area contributed by atoms with Crippen molar-refractivity contribution in [3.05, 3.63) is 93.6 Å². The molecule has 2 aromatic carbocycles. The number of thiazole rings is 1. The summed E-state index contributed by atoms with van der Waals surface area (Å²) in [6.07, 6.45) is 3.43. The van der Waals surface area contributed by atoms with E-state index in [1.165, 1.54) is 11.3 Å². The van der Waals surface area contributed by atoms with Crippen molar-refractivity contribution in [2.24, 2.45) is 0 Å². The van der Waals surface area contributed by atoms with E-state index in [4.69, 9.17) is 17.3 Å². The van der Waals surface area contributed by atoms with Gasteiger partial charge in [-0.25, -0.2) is 4.98 Å². The number of hydrogen-bond donors (Lipinski definition) is 2. The molecule has 3 N–H and O–H groups in total. The molecule has 5 aromatic rings. The third kappa shape index (κ3) is 3.94. The smallest absolute Gasteiger partial charge is 0.264 e. The summed E-state index contributed by atoms with van der Waals surface area (Å²) in [5, 5.41) is 5.10. The fourth-order valence-electron chi connectivity index (χ4n) is 3.82. The molecule has 0 saturated heterocycles. The van der Waals surface area contributed by atoms with E-state index in [1.54, 1.807) is 28.5 Å². The molecular weight excluding hydrogens is 456 g/mol. The van der Waals surface area contributed by atoms with Crippen LogP contribution in [0.2, 0.25) is 5.02 Å². The number of nitrogens with one attached hydrogen (secondary N) is 1. The predicted molar refractivity (Wildman–Crippen MR) is 134 cm³/mol. The fourth-order valence-corrected chi connectivity index (χ4v) is 4.71. The number of halogens is 1. The van der Waals surface area contributed by atoms with Crippen molar-refractivity contribution in [1.29, 1.82) is 0 Å². The van der Waals surface area contributed by atoms with E-state index in [0.29, 0.717) is 16.2 Å². The van der Waals surface area contributed by atoms with Gasteiger partial charge in [0.2, 0.25) is 5.95 Å². The number of nitrogens with two attached hydrogens (primary N) is 1. The van der Waals surface area contributed by atoms with Crippen LogP contribution in [-0.4, -0.2) is 19.5 Å². The molecule has 1 atom stereocenters. The second-order valence-corrected chi connectivity index (χ2v) is 8.77. The Bertz CT molecular complexity index is 1500. The number of pyridine rings is 1. The summed E-state index contributed by atoms with van der Waals surface area (Å²) in [6, 6.07) is 16.6. The van der Waals surface area contributed by atoms with Gasteiger partial charge in [-0.2, -0.15) is 4.98 Å². The summed E-state index contributed by atoms with van der Waals surface area (Å²) in [5.74, 6) is 0.723. The number of nitrogen functional groups attached to an aromatic ring is 1. The van der Waals surface area contributed by atoms with Crippen molar-refractivity contribution in [1.82, 2.24) is 19.5 Å². The van der Waals surface area contributed by atoms with Gasteiger partial charge in [-0.05, 0) is 36.6 Å². The first-order valence-corrected chi connectivity index (χ1v) is 11.5. The molecule has 0 radical (unpaired) electrons. The summed E-state index contributed by atoms with van der Waals surface area (Å²) in [4.78, 5) is 27.3. The van der Waals surface area contributed by atoms with Crippen molar-refractivity contribution in [3.8, 4) is 16.1 Å². The van der Waals surface area contributed by atoms with E-state index in [0.717, 1.165) is 27.2 Å². The Balaban J connectivity index is 1.68. The number of hydrogen-bond acceptors (Lipinski definition) is 7. The highest BCUT2D eigenvalue weighted by molar-refractivity contribution is 7.13. The third-order valence-electron chi connectivity index (χ3n) is 5.34. The zero-order chi connectivity index (χ0) is 22.9. The number of aromatic nitrogens is 4. The summed E-state index contributed by atoms with van der Waals surface area (Å²) in [5.41, 5.74) is 9.75. The molecule has 33 heavy (non-hydrogen) atoms. The topological polar surface area (TPSA) is 98.7 Å². The van der Waals surface area contributed by atoms with Crippen molar-refractivity contribution in [2.75, 3.05) is 11.1 Å². The van der Waals surface area contributed by atoms with Crippen LogP contribution in [0.3, 0.4) is 0 Å². The largest absolute Gasteiger partial charge is 0.368 e. The van der Waals surface area contributed by atoms with Gasteiger partial charge in [0.15, 0.2) is 0 Å². The molecule has 0 aliphatic carbocycles. The molecule has 0 aliphatic heterocycles. The molecule has 0 bridgehead atoms. The molecular formula is C24H19ClN6OS. The maximum atomic E-state index is 13.6. The van der Waals surface area contributed by atoms with Crippen LogP contribution in [0, 0.1) is 0 Å². The summed E-state index contributed by atoms with van der Waals surface area (Å²) in [6.45, 7) is 1.97. The quantitative estimate of drug-likeness (QED) is 0.358. The van der Waals surface area contributed by atoms with Crippen LogP contribution in [0.15, 0.2) is 77.3 Å². The molecule has 3 heterocycles. The Morgan fingerprint density at radius 2 is 1.94 bits per heavy atom. The molecule has 0 spiro atoms. The third-order valence-corrected chi connectivity index (χ3v) is 6.46. The predicted octanol–water partition coefficient (Wildman–Crippen LogP) is 5.31. The summed E-state index contributed by atoms with van der Waals surface area (Å²) < 4.78 is 1.68. The van der Waals surface area contributed by atoms with Gasteiger partial charge in [-0.3, -0.25) is 14.3 Å². The van der Waals surface area contributed by atoms with E-state index < -0.39 is 0 Å². The molecule has 0 saturated carbocycles. The second kappa shape index (κ2) is 8.65. The first-order valence-electron chi connectivity index (χ1n) is 10.2. The lowest BCUT2D eigenvalue weighted by molar-refractivity contribution is 0.773. The van der Waals surface area contributed by atoms with Gasteiger partial charge < -0.3 is 11.1 Å². The minimum Gasteiger partial charge on any atom is -0.368 e. The molecule has 0 amide bonds. The van der Waals surface area contributed by atoms with Crippen LogP contribution in [-0.2, 0) is 0 Å². The normalized spacial score (nSPS) is 12.1. The van der Waals surface area contributed by atoms with Gasteiger partial charge in [0.25, 0.3) is 5.56 Å². The van der Waals surface area contributed by atoms with Gasteiger partial charge in [-0.1, -0.05) is 41.9 Å². The van der Waals surface area contributed by atoms with Gasteiger partial charge >= 0.3 is 0 Å². The van der Waals surface area contributed by atoms with Gasteiger partial charge in [-0.15, -0.1) is 11.3 Å². The highest BCUT2D eigenvalue weighted by Crippen LogP contribution is 2.32. The van der Waals surface area contributed by atoms with Gasteiger partial charge in [0.1, 0.15) is 5.82 Å². The summed E-state index contributed by atoms with van der Waals surface area (Å²) >= 11 is 7.90. The molecule has 164 valence electrons. The number of fused-ring (bicyclic) bond motifs is 1. The van der Waals surface area contributed by atoms with Crippen molar-refractivity contribution < 1.29 is 0 Å². The van der Waals surface area contributed by atoms with Crippen molar-refractivity contribution >= 4 is 45.5 Å². The zero-order valence-corrected chi connectivity index (χ0v) is 19.1. The maximum absolute atomic E-state index is 13.6. The van der Waals surface area contributed by atoms with E-state index in [-0.39, 0.29) is 17.5 Å². The molecule has 5 rings (SSSR count). The van der Waals surface area contributed by atoms with Crippen molar-refractivity contribution in [2.45, 2.75) is 13.0 Å². The maximum Gasteiger partial charge on any atom is 0.264 e. The number of anilines is 2. The Kier molecular flexibility index (Phi) is 5.53. The molecule has 0 fully saturated rings. The molecule has 7 nitrogen and oxygen atoms in total. The van der Waals surface area contributed by atoms with E-state index in [2.05, 4.69) is 20.3 Å². The first kappa shape index (κ1) is 21.1. The lowest BCUT2D eigenvalue weighted by Crippen LogP contribution is -2.26. The van der Waals surface area contributed by atoms with Gasteiger partial charge in [0.05, 0.1) is 32.4 Å². The Hall–Kier alpha value is -3.75. The second-order valence-electron chi connectivity index (χ2n) is 7.47. The fraction of sp³-hybridized carbons (Fsp3) is 0.0833. The van der Waals surface area contributed by atoms with E-state index in [9.17, 15) is 4.79 Å². The zero-order valence-electron chi connectivity index (χ0n) is 17.6. The van der Waals surface area contributed by atoms with Crippen LogP contribution in [0.5, 0.6) is 0 Å². The number of para-hydroxylation sites is 1. The van der Waals surface area contributed by atoms with Gasteiger partial charge in [0, 0.05) is 23.8 Å².